The molecule has 0 aromatic carbocycles. The Hall–Kier alpha value is -2.11. The van der Waals surface area contributed by atoms with Gasteiger partial charge in [0.2, 0.25) is 11.8 Å². The van der Waals surface area contributed by atoms with Gasteiger partial charge < -0.3 is 10.2 Å². The molecule has 1 aromatic heterocycles. The number of hydrogen-bond donors (Lipinski definition) is 1. The van der Waals surface area contributed by atoms with Crippen molar-refractivity contribution in [2.45, 2.75) is 19.4 Å². The quantitative estimate of drug-likeness (QED) is 0.773. The zero-order chi connectivity index (χ0) is 14.5. The van der Waals surface area contributed by atoms with Crippen molar-refractivity contribution in [1.29, 1.82) is 0 Å². The summed E-state index contributed by atoms with van der Waals surface area (Å²) in [6, 6.07) is 1.99. The van der Waals surface area contributed by atoms with Crippen LogP contribution in [0.25, 0.3) is 0 Å². The molecule has 1 aromatic rings. The molecule has 0 bridgehead atoms. The molecule has 1 saturated heterocycles. The SMILES string of the molecule is C=CC(=O)N1CC(CC(=O)NCC(C)n2cccn2)C1. The van der Waals surface area contributed by atoms with Gasteiger partial charge in [-0.1, -0.05) is 6.58 Å². The fourth-order valence-electron chi connectivity index (χ4n) is 2.24. The molecule has 2 rings (SSSR count). The predicted molar refractivity (Wildman–Crippen MR) is 74.8 cm³/mol. The predicted octanol–water partition coefficient (Wildman–Crippen LogP) is 0.595. The van der Waals surface area contributed by atoms with Gasteiger partial charge in [-0.25, -0.2) is 0 Å². The van der Waals surface area contributed by atoms with Gasteiger partial charge in [-0.15, -0.1) is 0 Å². The van der Waals surface area contributed by atoms with E-state index < -0.39 is 0 Å². The highest BCUT2D eigenvalue weighted by molar-refractivity contribution is 5.87. The first kappa shape index (κ1) is 14.3. The standard InChI is InChI=1S/C14H20N4O2/c1-3-14(20)17-9-12(10-17)7-13(19)15-8-11(2)18-6-4-5-16-18/h3-6,11-12H,1,7-10H2,2H3,(H,15,19). The molecule has 108 valence electrons. The number of nitrogens with one attached hydrogen (secondary N) is 1. The fraction of sp³-hybridized carbons (Fsp3) is 0.500. The van der Waals surface area contributed by atoms with Crippen LogP contribution in [0.3, 0.4) is 0 Å². The molecule has 6 heteroatoms. The summed E-state index contributed by atoms with van der Waals surface area (Å²) in [6.45, 7) is 7.29. The van der Waals surface area contributed by atoms with Gasteiger partial charge in [0.25, 0.3) is 0 Å². The Labute approximate surface area is 118 Å². The van der Waals surface area contributed by atoms with Crippen molar-refractivity contribution in [3.05, 3.63) is 31.1 Å². The van der Waals surface area contributed by atoms with Gasteiger partial charge in [-0.05, 0) is 19.1 Å². The Bertz CT molecular complexity index is 477. The van der Waals surface area contributed by atoms with Gasteiger partial charge in [-0.2, -0.15) is 5.10 Å². The number of nitrogens with zero attached hydrogens (tertiary/aromatic N) is 3. The van der Waals surface area contributed by atoms with Crippen LogP contribution in [0, 0.1) is 5.92 Å². The van der Waals surface area contributed by atoms with Crippen LogP contribution in [0.1, 0.15) is 19.4 Å². The lowest BCUT2D eigenvalue weighted by atomic mass is 9.96. The highest BCUT2D eigenvalue weighted by Gasteiger charge is 2.30. The maximum atomic E-state index is 11.8. The zero-order valence-electron chi connectivity index (χ0n) is 11.7. The Morgan fingerprint density at radius 3 is 2.90 bits per heavy atom. The first-order valence-corrected chi connectivity index (χ1v) is 6.77. The van der Waals surface area contributed by atoms with Crippen LogP contribution in [-0.2, 0) is 9.59 Å². The largest absolute Gasteiger partial charge is 0.354 e. The molecule has 1 aliphatic heterocycles. The third kappa shape index (κ3) is 3.46. The summed E-state index contributed by atoms with van der Waals surface area (Å²) >= 11 is 0. The Balaban J connectivity index is 1.65. The van der Waals surface area contributed by atoms with Crippen molar-refractivity contribution in [1.82, 2.24) is 20.0 Å². The number of carbonyl (C=O) groups is 2. The summed E-state index contributed by atoms with van der Waals surface area (Å²) in [5.41, 5.74) is 0. The van der Waals surface area contributed by atoms with Crippen molar-refractivity contribution >= 4 is 11.8 Å². The minimum Gasteiger partial charge on any atom is -0.354 e. The normalized spacial score (nSPS) is 16.4. The first-order valence-electron chi connectivity index (χ1n) is 6.77. The van der Waals surface area contributed by atoms with Crippen LogP contribution in [0.5, 0.6) is 0 Å². The van der Waals surface area contributed by atoms with Crippen LogP contribution >= 0.6 is 0 Å². The molecule has 0 radical (unpaired) electrons. The molecular formula is C14H20N4O2. The van der Waals surface area contributed by atoms with Crippen molar-refractivity contribution in [3.63, 3.8) is 0 Å². The minimum atomic E-state index is -0.0611. The Morgan fingerprint density at radius 2 is 2.30 bits per heavy atom. The topological polar surface area (TPSA) is 67.2 Å². The number of carbonyl (C=O) groups excluding carboxylic acids is 2. The summed E-state index contributed by atoms with van der Waals surface area (Å²) in [6.07, 6.45) is 5.37. The van der Waals surface area contributed by atoms with Crippen molar-refractivity contribution < 1.29 is 9.59 Å². The van der Waals surface area contributed by atoms with E-state index in [0.29, 0.717) is 26.1 Å². The van der Waals surface area contributed by atoms with Gasteiger partial charge >= 0.3 is 0 Å². The molecule has 1 atom stereocenters. The Morgan fingerprint density at radius 1 is 1.55 bits per heavy atom. The first-order chi connectivity index (χ1) is 9.60. The minimum absolute atomic E-state index is 0.0275. The monoisotopic (exact) mass is 276 g/mol. The average molecular weight is 276 g/mol. The third-order valence-electron chi connectivity index (χ3n) is 3.49. The van der Waals surface area contributed by atoms with Crippen LogP contribution in [-0.4, -0.2) is 46.1 Å². The van der Waals surface area contributed by atoms with Crippen molar-refractivity contribution in [2.24, 2.45) is 5.92 Å². The molecule has 2 amide bonds. The molecule has 1 fully saturated rings. The van der Waals surface area contributed by atoms with Gasteiger partial charge in [0, 0.05) is 44.4 Å². The summed E-state index contributed by atoms with van der Waals surface area (Å²) in [5.74, 6) is 0.229. The van der Waals surface area contributed by atoms with E-state index in [1.54, 1.807) is 11.1 Å². The maximum Gasteiger partial charge on any atom is 0.245 e. The highest BCUT2D eigenvalue weighted by atomic mass is 16.2. The molecule has 1 aliphatic rings. The Kier molecular flexibility index (Phi) is 4.55. The molecule has 0 aliphatic carbocycles. The van der Waals surface area contributed by atoms with Gasteiger partial charge in [0.1, 0.15) is 0 Å². The van der Waals surface area contributed by atoms with Crippen LogP contribution in [0.15, 0.2) is 31.1 Å². The van der Waals surface area contributed by atoms with E-state index in [9.17, 15) is 9.59 Å². The van der Waals surface area contributed by atoms with Gasteiger partial charge in [0.05, 0.1) is 6.04 Å². The molecule has 0 saturated carbocycles. The summed E-state index contributed by atoms with van der Waals surface area (Å²) in [5, 5.41) is 7.04. The highest BCUT2D eigenvalue weighted by Crippen LogP contribution is 2.19. The lowest BCUT2D eigenvalue weighted by Crippen LogP contribution is -2.50. The lowest BCUT2D eigenvalue weighted by molar-refractivity contribution is -0.135. The molecule has 1 N–H and O–H groups in total. The summed E-state index contributed by atoms with van der Waals surface area (Å²) in [4.78, 5) is 24.8. The fourth-order valence-corrected chi connectivity index (χ4v) is 2.24. The van der Waals surface area contributed by atoms with Crippen LogP contribution in [0.2, 0.25) is 0 Å². The number of likely N-dealkylation sites (tertiary alicyclic amines) is 1. The molecular weight excluding hydrogens is 256 g/mol. The summed E-state index contributed by atoms with van der Waals surface area (Å²) < 4.78 is 1.81. The van der Waals surface area contributed by atoms with E-state index in [0.717, 1.165) is 0 Å². The second-order valence-corrected chi connectivity index (χ2v) is 5.16. The molecule has 6 nitrogen and oxygen atoms in total. The number of amides is 2. The molecule has 20 heavy (non-hydrogen) atoms. The van der Waals surface area contributed by atoms with E-state index in [-0.39, 0.29) is 23.8 Å². The van der Waals surface area contributed by atoms with E-state index in [1.807, 2.05) is 23.9 Å². The maximum absolute atomic E-state index is 11.8. The van der Waals surface area contributed by atoms with Gasteiger partial charge in [0.15, 0.2) is 0 Å². The second-order valence-electron chi connectivity index (χ2n) is 5.16. The number of aromatic nitrogens is 2. The molecule has 2 heterocycles. The van der Waals surface area contributed by atoms with E-state index in [2.05, 4.69) is 17.0 Å². The lowest BCUT2D eigenvalue weighted by Gasteiger charge is -2.38. The van der Waals surface area contributed by atoms with Crippen LogP contribution in [0.4, 0.5) is 0 Å². The van der Waals surface area contributed by atoms with Gasteiger partial charge in [-0.3, -0.25) is 14.3 Å². The van der Waals surface area contributed by atoms with Crippen molar-refractivity contribution in [3.8, 4) is 0 Å². The number of rotatable bonds is 6. The van der Waals surface area contributed by atoms with E-state index in [4.69, 9.17) is 0 Å². The van der Waals surface area contributed by atoms with E-state index >= 15 is 0 Å². The average Bonchev–Trinajstić information content (AvgIpc) is 2.92. The van der Waals surface area contributed by atoms with Crippen molar-refractivity contribution in [2.75, 3.05) is 19.6 Å². The van der Waals surface area contributed by atoms with Crippen LogP contribution < -0.4 is 5.32 Å². The summed E-state index contributed by atoms with van der Waals surface area (Å²) in [7, 11) is 0. The molecule has 0 spiro atoms. The number of hydrogen-bond acceptors (Lipinski definition) is 3. The third-order valence-corrected chi connectivity index (χ3v) is 3.49. The molecule has 1 unspecified atom stereocenters. The second kappa shape index (κ2) is 6.36. The zero-order valence-corrected chi connectivity index (χ0v) is 11.7. The van der Waals surface area contributed by atoms with E-state index in [1.165, 1.54) is 6.08 Å². The smallest absolute Gasteiger partial charge is 0.245 e.